The van der Waals surface area contributed by atoms with Crippen molar-refractivity contribution in [1.82, 2.24) is 15.1 Å². The predicted molar refractivity (Wildman–Crippen MR) is 105 cm³/mol. The van der Waals surface area contributed by atoms with Crippen LogP contribution in [-0.4, -0.2) is 60.6 Å². The van der Waals surface area contributed by atoms with Crippen molar-refractivity contribution in [2.45, 2.75) is 44.2 Å². The molecule has 4 fully saturated rings. The molecule has 1 N–H and O–H groups in total. The minimum Gasteiger partial charge on any atom is -0.444 e. The monoisotopic (exact) mass is 383 g/mol. The molecule has 3 atom stereocenters. The molecule has 6 nitrogen and oxygen atoms in total. The summed E-state index contributed by atoms with van der Waals surface area (Å²) in [6.45, 7) is 4.47. The molecule has 5 aliphatic rings. The van der Waals surface area contributed by atoms with E-state index in [1.165, 1.54) is 11.1 Å². The van der Waals surface area contributed by atoms with Crippen molar-refractivity contribution in [1.29, 1.82) is 0 Å². The zero-order valence-corrected chi connectivity index (χ0v) is 16.3. The number of carbonyl (C=O) groups excluding carboxylic acids is 2. The van der Waals surface area contributed by atoms with Crippen LogP contribution in [0.1, 0.15) is 42.9 Å². The average Bonchev–Trinajstić information content (AvgIpc) is 2.74. The van der Waals surface area contributed by atoms with Crippen LogP contribution in [0.25, 0.3) is 0 Å². The third-order valence-electron chi connectivity index (χ3n) is 7.16. The lowest BCUT2D eigenvalue weighted by Crippen LogP contribution is -2.54. The summed E-state index contributed by atoms with van der Waals surface area (Å²) in [4.78, 5) is 29.3. The van der Waals surface area contributed by atoms with Crippen molar-refractivity contribution in [3.05, 3.63) is 35.4 Å². The van der Waals surface area contributed by atoms with E-state index in [1.807, 2.05) is 4.90 Å². The van der Waals surface area contributed by atoms with Gasteiger partial charge < -0.3 is 15.0 Å². The summed E-state index contributed by atoms with van der Waals surface area (Å²) in [5.74, 6) is 0.860. The topological polar surface area (TPSA) is 61.9 Å². The molecule has 0 saturated carbocycles. The fraction of sp³-hybridized carbons (Fsp3) is 0.636. The number of rotatable bonds is 2. The lowest BCUT2D eigenvalue weighted by molar-refractivity contribution is -0.123. The number of nitrogens with zero attached hydrogens (tertiary/aromatic N) is 2. The van der Waals surface area contributed by atoms with E-state index in [2.05, 4.69) is 34.5 Å². The largest absolute Gasteiger partial charge is 0.444 e. The molecule has 4 saturated heterocycles. The van der Waals surface area contributed by atoms with Gasteiger partial charge in [-0.25, -0.2) is 4.79 Å². The van der Waals surface area contributed by atoms with Gasteiger partial charge in [0.15, 0.2) is 0 Å². The molecule has 0 spiro atoms. The van der Waals surface area contributed by atoms with Crippen molar-refractivity contribution in [3.63, 3.8) is 0 Å². The predicted octanol–water partition coefficient (Wildman–Crippen LogP) is 2.34. The molecule has 1 aromatic rings. The zero-order valence-electron chi connectivity index (χ0n) is 16.3. The molecule has 0 aromatic heterocycles. The van der Waals surface area contributed by atoms with Gasteiger partial charge in [-0.15, -0.1) is 0 Å². The van der Waals surface area contributed by atoms with Crippen molar-refractivity contribution < 1.29 is 14.3 Å². The van der Waals surface area contributed by atoms with E-state index < -0.39 is 0 Å². The fourth-order valence-electron chi connectivity index (χ4n) is 5.57. The number of hydrogen-bond donors (Lipinski definition) is 1. The Morgan fingerprint density at radius 1 is 1.04 bits per heavy atom. The molecule has 0 aliphatic carbocycles. The number of benzene rings is 1. The van der Waals surface area contributed by atoms with Crippen LogP contribution < -0.4 is 5.32 Å². The van der Waals surface area contributed by atoms with Gasteiger partial charge in [0.2, 0.25) is 5.91 Å². The van der Waals surface area contributed by atoms with Gasteiger partial charge in [-0.3, -0.25) is 9.69 Å². The van der Waals surface area contributed by atoms with E-state index in [1.54, 1.807) is 0 Å². The number of carbonyl (C=O) groups is 2. The number of ether oxygens (including phenoxy) is 1. The Morgan fingerprint density at radius 2 is 1.86 bits per heavy atom. The second kappa shape index (κ2) is 7.39. The van der Waals surface area contributed by atoms with Gasteiger partial charge in [-0.05, 0) is 55.8 Å². The molecular weight excluding hydrogens is 354 g/mol. The maximum Gasteiger partial charge on any atom is 0.410 e. The SMILES string of the molecule is O=C1CCC([C@@H]2c3ccccc3CCN2C(=O)O[C@@H]2CN3CCC2CC3)CN1. The normalized spacial score (nSPS) is 34.5. The molecule has 1 unspecified atom stereocenters. The Kier molecular flexibility index (Phi) is 4.75. The highest BCUT2D eigenvalue weighted by Crippen LogP contribution is 2.39. The minimum absolute atomic E-state index is 0.0147. The summed E-state index contributed by atoms with van der Waals surface area (Å²) in [5.41, 5.74) is 2.54. The van der Waals surface area contributed by atoms with Gasteiger partial charge >= 0.3 is 6.09 Å². The Bertz CT molecular complexity index is 749. The molecule has 1 aromatic carbocycles. The van der Waals surface area contributed by atoms with Crippen LogP contribution in [0, 0.1) is 11.8 Å². The van der Waals surface area contributed by atoms with E-state index >= 15 is 0 Å². The van der Waals surface area contributed by atoms with Crippen LogP contribution in [0.5, 0.6) is 0 Å². The molecule has 0 radical (unpaired) electrons. The van der Waals surface area contributed by atoms with Gasteiger partial charge in [-0.2, -0.15) is 0 Å². The van der Waals surface area contributed by atoms with E-state index in [9.17, 15) is 9.59 Å². The number of nitrogens with one attached hydrogen (secondary N) is 1. The Balaban J connectivity index is 1.37. The van der Waals surface area contributed by atoms with E-state index in [0.29, 0.717) is 25.4 Å². The highest BCUT2D eigenvalue weighted by molar-refractivity contribution is 5.76. The molecule has 2 amide bonds. The molecule has 6 rings (SSSR count). The molecule has 150 valence electrons. The number of hydrogen-bond acceptors (Lipinski definition) is 4. The van der Waals surface area contributed by atoms with Gasteiger partial charge in [0, 0.05) is 32.0 Å². The molecule has 6 heteroatoms. The second-order valence-corrected chi connectivity index (χ2v) is 8.75. The molecule has 28 heavy (non-hydrogen) atoms. The van der Waals surface area contributed by atoms with Gasteiger partial charge in [0.05, 0.1) is 6.04 Å². The van der Waals surface area contributed by atoms with Crippen molar-refractivity contribution in [2.75, 3.05) is 32.7 Å². The van der Waals surface area contributed by atoms with Crippen molar-refractivity contribution in [3.8, 4) is 0 Å². The van der Waals surface area contributed by atoms with Gasteiger partial charge in [-0.1, -0.05) is 24.3 Å². The van der Waals surface area contributed by atoms with Crippen LogP contribution in [0.15, 0.2) is 24.3 Å². The van der Waals surface area contributed by atoms with Gasteiger partial charge in [0.25, 0.3) is 0 Å². The molecule has 5 heterocycles. The van der Waals surface area contributed by atoms with Crippen LogP contribution in [-0.2, 0) is 16.0 Å². The maximum absolute atomic E-state index is 13.3. The zero-order chi connectivity index (χ0) is 19.1. The number of piperidine rings is 4. The first-order chi connectivity index (χ1) is 13.7. The van der Waals surface area contributed by atoms with Gasteiger partial charge in [0.1, 0.15) is 6.10 Å². The minimum atomic E-state index is -0.171. The summed E-state index contributed by atoms with van der Waals surface area (Å²) in [7, 11) is 0. The van der Waals surface area contributed by atoms with E-state index in [0.717, 1.165) is 45.3 Å². The Labute approximate surface area is 166 Å². The van der Waals surface area contributed by atoms with Crippen LogP contribution in [0.2, 0.25) is 0 Å². The lowest BCUT2D eigenvalue weighted by atomic mass is 9.81. The second-order valence-electron chi connectivity index (χ2n) is 8.75. The quantitative estimate of drug-likeness (QED) is 0.852. The summed E-state index contributed by atoms with van der Waals surface area (Å²) in [5, 5.41) is 3.00. The molecule has 5 aliphatic heterocycles. The highest BCUT2D eigenvalue weighted by Gasteiger charge is 2.41. The average molecular weight is 383 g/mol. The van der Waals surface area contributed by atoms with Crippen LogP contribution in [0.4, 0.5) is 4.79 Å². The molecule has 2 bridgehead atoms. The summed E-state index contributed by atoms with van der Waals surface area (Å²) >= 11 is 0. The highest BCUT2D eigenvalue weighted by atomic mass is 16.6. The first kappa shape index (κ1) is 18.0. The number of fused-ring (bicyclic) bond motifs is 4. The third kappa shape index (κ3) is 3.28. The van der Waals surface area contributed by atoms with Crippen molar-refractivity contribution >= 4 is 12.0 Å². The summed E-state index contributed by atoms with van der Waals surface area (Å²) in [6, 6.07) is 8.41. The maximum atomic E-state index is 13.3. The fourth-order valence-corrected chi connectivity index (χ4v) is 5.57. The smallest absolute Gasteiger partial charge is 0.410 e. The first-order valence-corrected chi connectivity index (χ1v) is 10.7. The summed E-state index contributed by atoms with van der Waals surface area (Å²) < 4.78 is 6.08. The van der Waals surface area contributed by atoms with Crippen LogP contribution >= 0.6 is 0 Å². The standard InChI is InChI=1S/C22H29N3O3/c26-20-6-5-17(13-23-20)21-18-4-2-1-3-15(18)9-12-25(21)22(27)28-19-14-24-10-7-16(19)8-11-24/h1-4,16-17,19,21H,5-14H2,(H,23,26)/t17?,19-,21-/m1/s1. The third-order valence-corrected chi connectivity index (χ3v) is 7.16. The Hall–Kier alpha value is -2.08. The lowest BCUT2D eigenvalue weighted by Gasteiger charge is -2.46. The molecular formula is C22H29N3O3. The van der Waals surface area contributed by atoms with E-state index in [4.69, 9.17) is 4.74 Å². The number of amides is 2. The first-order valence-electron chi connectivity index (χ1n) is 10.7. The van der Waals surface area contributed by atoms with Crippen LogP contribution in [0.3, 0.4) is 0 Å². The summed E-state index contributed by atoms with van der Waals surface area (Å²) in [6.07, 6.45) is 4.34. The Morgan fingerprint density at radius 3 is 2.57 bits per heavy atom. The van der Waals surface area contributed by atoms with Crippen molar-refractivity contribution in [2.24, 2.45) is 11.8 Å². The van der Waals surface area contributed by atoms with E-state index in [-0.39, 0.29) is 30.1 Å².